The molecule has 0 saturated carbocycles. The van der Waals surface area contributed by atoms with Crippen molar-refractivity contribution in [2.45, 2.75) is 11.3 Å². The SMILES string of the molecule is O=C1CC2CSc3ccccc3C2=NN1c1cccc(O)c1. The first-order valence-electron chi connectivity index (χ1n) is 7.15. The number of phenols is 1. The molecule has 0 fully saturated rings. The topological polar surface area (TPSA) is 52.9 Å². The van der Waals surface area contributed by atoms with Crippen molar-refractivity contribution in [3.8, 4) is 5.75 Å². The summed E-state index contributed by atoms with van der Waals surface area (Å²) in [5.74, 6) is 1.16. The van der Waals surface area contributed by atoms with Gasteiger partial charge in [-0.2, -0.15) is 5.10 Å². The second kappa shape index (κ2) is 5.18. The Bertz CT molecular complexity index is 788. The van der Waals surface area contributed by atoms with Gasteiger partial charge in [-0.3, -0.25) is 4.79 Å². The molecule has 2 aromatic carbocycles. The molecule has 4 nitrogen and oxygen atoms in total. The van der Waals surface area contributed by atoms with Gasteiger partial charge in [0, 0.05) is 34.6 Å². The molecular formula is C17H14N2O2S. The molecule has 2 aliphatic heterocycles. The van der Waals surface area contributed by atoms with Gasteiger partial charge in [-0.25, -0.2) is 5.01 Å². The quantitative estimate of drug-likeness (QED) is 0.879. The molecule has 1 unspecified atom stereocenters. The number of thioether (sulfide) groups is 1. The number of phenolic OH excluding ortho intramolecular Hbond substituents is 1. The summed E-state index contributed by atoms with van der Waals surface area (Å²) >= 11 is 1.78. The van der Waals surface area contributed by atoms with Crippen LogP contribution in [0.25, 0.3) is 0 Å². The van der Waals surface area contributed by atoms with Gasteiger partial charge in [0.2, 0.25) is 5.91 Å². The Hall–Kier alpha value is -2.27. The van der Waals surface area contributed by atoms with Crippen LogP contribution in [0.3, 0.4) is 0 Å². The first-order chi connectivity index (χ1) is 10.7. The smallest absolute Gasteiger partial charge is 0.248 e. The number of amides is 1. The van der Waals surface area contributed by atoms with Crippen molar-refractivity contribution in [3.63, 3.8) is 0 Å². The third-order valence-electron chi connectivity index (χ3n) is 3.93. The van der Waals surface area contributed by atoms with Crippen LogP contribution in [0, 0.1) is 5.92 Å². The van der Waals surface area contributed by atoms with Gasteiger partial charge in [0.1, 0.15) is 5.75 Å². The van der Waals surface area contributed by atoms with E-state index in [2.05, 4.69) is 17.2 Å². The normalized spacial score (nSPS) is 20.2. The van der Waals surface area contributed by atoms with E-state index in [1.807, 2.05) is 12.1 Å². The molecule has 0 saturated heterocycles. The number of aromatic hydroxyl groups is 1. The minimum absolute atomic E-state index is 0.0284. The third kappa shape index (κ3) is 2.18. The average molecular weight is 310 g/mol. The van der Waals surface area contributed by atoms with E-state index in [-0.39, 0.29) is 17.6 Å². The van der Waals surface area contributed by atoms with Gasteiger partial charge in [0.25, 0.3) is 0 Å². The summed E-state index contributed by atoms with van der Waals surface area (Å²) < 4.78 is 0. The summed E-state index contributed by atoms with van der Waals surface area (Å²) in [6, 6.07) is 14.8. The average Bonchev–Trinajstić information content (AvgIpc) is 2.54. The number of nitrogens with zero attached hydrogens (tertiary/aromatic N) is 2. The molecule has 2 aliphatic rings. The molecule has 1 amide bonds. The lowest BCUT2D eigenvalue weighted by Gasteiger charge is -2.32. The number of rotatable bonds is 1. The number of hydrogen-bond acceptors (Lipinski definition) is 4. The van der Waals surface area contributed by atoms with Gasteiger partial charge in [-0.1, -0.05) is 24.3 Å². The van der Waals surface area contributed by atoms with Gasteiger partial charge < -0.3 is 5.11 Å². The van der Waals surface area contributed by atoms with E-state index < -0.39 is 0 Å². The van der Waals surface area contributed by atoms with Crippen LogP contribution >= 0.6 is 11.8 Å². The van der Waals surface area contributed by atoms with Crippen LogP contribution in [-0.2, 0) is 4.79 Å². The Morgan fingerprint density at radius 1 is 1.18 bits per heavy atom. The molecule has 2 aromatic rings. The second-order valence-corrected chi connectivity index (χ2v) is 6.48. The molecule has 0 radical (unpaired) electrons. The molecule has 0 aromatic heterocycles. The predicted octanol–water partition coefficient (Wildman–Crippen LogP) is 3.26. The zero-order valence-corrected chi connectivity index (χ0v) is 12.6. The molecular weight excluding hydrogens is 296 g/mol. The van der Waals surface area contributed by atoms with Crippen LogP contribution in [0.15, 0.2) is 58.5 Å². The van der Waals surface area contributed by atoms with Crippen molar-refractivity contribution < 1.29 is 9.90 Å². The lowest BCUT2D eigenvalue weighted by Crippen LogP contribution is -2.39. The molecule has 110 valence electrons. The minimum Gasteiger partial charge on any atom is -0.508 e. The molecule has 4 rings (SSSR count). The Balaban J connectivity index is 1.82. The van der Waals surface area contributed by atoms with E-state index in [1.165, 1.54) is 9.90 Å². The molecule has 5 heteroatoms. The fourth-order valence-corrected chi connectivity index (χ4v) is 4.03. The number of carbonyl (C=O) groups excluding carboxylic acids is 1. The van der Waals surface area contributed by atoms with Crippen LogP contribution in [0.1, 0.15) is 12.0 Å². The Labute approximate surface area is 132 Å². The number of benzene rings is 2. The van der Waals surface area contributed by atoms with Gasteiger partial charge >= 0.3 is 0 Å². The lowest BCUT2D eigenvalue weighted by atomic mass is 9.93. The van der Waals surface area contributed by atoms with Gasteiger partial charge in [-0.15, -0.1) is 11.8 Å². The van der Waals surface area contributed by atoms with Crippen molar-refractivity contribution in [2.75, 3.05) is 10.8 Å². The Kier molecular flexibility index (Phi) is 3.15. The summed E-state index contributed by atoms with van der Waals surface area (Å²) in [6.07, 6.45) is 0.454. The van der Waals surface area contributed by atoms with E-state index >= 15 is 0 Å². The fraction of sp³-hybridized carbons (Fsp3) is 0.176. The maximum Gasteiger partial charge on any atom is 0.248 e. The van der Waals surface area contributed by atoms with Crippen LogP contribution in [0.5, 0.6) is 5.75 Å². The monoisotopic (exact) mass is 310 g/mol. The zero-order valence-electron chi connectivity index (χ0n) is 11.8. The van der Waals surface area contributed by atoms with E-state index in [1.54, 1.807) is 36.0 Å². The standard InChI is InChI=1S/C17H14N2O2S/c20-13-5-3-4-12(9-13)19-16(21)8-11-10-22-15-7-2-1-6-14(15)17(11)18-19/h1-7,9,11,20H,8,10H2. The summed E-state index contributed by atoms with van der Waals surface area (Å²) in [5.41, 5.74) is 2.69. The molecule has 1 N–H and O–H groups in total. The maximum atomic E-state index is 12.4. The van der Waals surface area contributed by atoms with Crippen LogP contribution < -0.4 is 5.01 Å². The lowest BCUT2D eigenvalue weighted by molar-refractivity contribution is -0.119. The highest BCUT2D eigenvalue weighted by molar-refractivity contribution is 7.99. The number of carbonyl (C=O) groups is 1. The van der Waals surface area contributed by atoms with E-state index in [9.17, 15) is 9.90 Å². The van der Waals surface area contributed by atoms with Crippen molar-refractivity contribution in [2.24, 2.45) is 11.0 Å². The third-order valence-corrected chi connectivity index (χ3v) is 5.17. The second-order valence-electron chi connectivity index (χ2n) is 5.42. The molecule has 0 bridgehead atoms. The van der Waals surface area contributed by atoms with Crippen molar-refractivity contribution in [1.29, 1.82) is 0 Å². The van der Waals surface area contributed by atoms with Crippen molar-refractivity contribution >= 4 is 29.1 Å². The molecule has 22 heavy (non-hydrogen) atoms. The Morgan fingerprint density at radius 3 is 2.91 bits per heavy atom. The van der Waals surface area contributed by atoms with E-state index in [4.69, 9.17) is 0 Å². The highest BCUT2D eigenvalue weighted by Gasteiger charge is 2.34. The summed E-state index contributed by atoms with van der Waals surface area (Å²) in [5, 5.41) is 15.7. The van der Waals surface area contributed by atoms with Crippen LogP contribution in [0.2, 0.25) is 0 Å². The van der Waals surface area contributed by atoms with Gasteiger partial charge in [0.15, 0.2) is 0 Å². The molecule has 0 aliphatic carbocycles. The number of hydrogen-bond donors (Lipinski definition) is 1. The predicted molar refractivity (Wildman–Crippen MR) is 87.4 cm³/mol. The fourth-order valence-electron chi connectivity index (χ4n) is 2.87. The first-order valence-corrected chi connectivity index (χ1v) is 8.13. The van der Waals surface area contributed by atoms with E-state index in [0.29, 0.717) is 12.1 Å². The van der Waals surface area contributed by atoms with E-state index in [0.717, 1.165) is 17.0 Å². The van der Waals surface area contributed by atoms with Crippen LogP contribution in [0.4, 0.5) is 5.69 Å². The highest BCUT2D eigenvalue weighted by atomic mass is 32.2. The first kappa shape index (κ1) is 13.4. The van der Waals surface area contributed by atoms with Crippen molar-refractivity contribution in [3.05, 3.63) is 54.1 Å². The summed E-state index contributed by atoms with van der Waals surface area (Å²) in [6.45, 7) is 0. The largest absolute Gasteiger partial charge is 0.508 e. The molecule has 2 heterocycles. The maximum absolute atomic E-state index is 12.4. The van der Waals surface area contributed by atoms with Crippen molar-refractivity contribution in [1.82, 2.24) is 0 Å². The molecule has 1 atom stereocenters. The van der Waals surface area contributed by atoms with Crippen LogP contribution in [-0.4, -0.2) is 22.5 Å². The Morgan fingerprint density at radius 2 is 2.05 bits per heavy atom. The zero-order chi connectivity index (χ0) is 15.1. The number of hydrazone groups is 1. The van der Waals surface area contributed by atoms with Gasteiger partial charge in [-0.05, 0) is 18.2 Å². The summed E-state index contributed by atoms with van der Waals surface area (Å²) in [4.78, 5) is 13.6. The minimum atomic E-state index is -0.0284. The number of fused-ring (bicyclic) bond motifs is 3. The summed E-state index contributed by atoms with van der Waals surface area (Å²) in [7, 11) is 0. The highest BCUT2D eigenvalue weighted by Crippen LogP contribution is 2.37. The van der Waals surface area contributed by atoms with Gasteiger partial charge in [0.05, 0.1) is 11.4 Å². The number of anilines is 1. The molecule has 0 spiro atoms.